The molecule has 0 heterocycles. The molecule has 6 heteroatoms. The van der Waals surface area contributed by atoms with E-state index in [4.69, 9.17) is 18.0 Å². The molecule has 0 bridgehead atoms. The quantitative estimate of drug-likeness (QED) is 0.525. The molecule has 0 aliphatic heterocycles. The van der Waals surface area contributed by atoms with Gasteiger partial charge in [0.25, 0.3) is 0 Å². The molecule has 4 N–H and O–H groups in total. The van der Waals surface area contributed by atoms with Gasteiger partial charge in [0, 0.05) is 5.56 Å². The maximum atomic E-state index is 11.0. The highest BCUT2D eigenvalue weighted by molar-refractivity contribution is 7.80. The number of aliphatic hydroxyl groups is 2. The number of rotatable bonds is 5. The average Bonchev–Trinajstić information content (AvgIpc) is 2.37. The van der Waals surface area contributed by atoms with E-state index in [0.717, 1.165) is 0 Å². The highest BCUT2D eigenvalue weighted by Gasteiger charge is 2.24. The molecule has 0 saturated carbocycles. The third-order valence-electron chi connectivity index (χ3n) is 2.51. The standard InChI is InChI=1S/C12H15NO4S/c1-17-10(15)6-9(14)11(16)7-4-2-3-5-8(7)12(13)18/h2-5,9,11,14,16H,6H2,1H3,(H2,13,18). The van der Waals surface area contributed by atoms with Crippen LogP contribution >= 0.6 is 12.2 Å². The van der Waals surface area contributed by atoms with Crippen molar-refractivity contribution in [2.45, 2.75) is 18.6 Å². The molecule has 5 nitrogen and oxygen atoms in total. The zero-order valence-corrected chi connectivity index (χ0v) is 10.7. The van der Waals surface area contributed by atoms with Crippen LogP contribution in [0.2, 0.25) is 0 Å². The van der Waals surface area contributed by atoms with Crippen LogP contribution < -0.4 is 5.73 Å². The molecule has 1 rings (SSSR count). The second-order valence-electron chi connectivity index (χ2n) is 3.74. The molecule has 1 aromatic rings. The monoisotopic (exact) mass is 269 g/mol. The molecule has 18 heavy (non-hydrogen) atoms. The van der Waals surface area contributed by atoms with Crippen LogP contribution in [0.3, 0.4) is 0 Å². The maximum Gasteiger partial charge on any atom is 0.308 e. The van der Waals surface area contributed by atoms with Crippen LogP contribution in [0.1, 0.15) is 23.7 Å². The number of carbonyl (C=O) groups excluding carboxylic acids is 1. The Balaban J connectivity index is 2.92. The third-order valence-corrected chi connectivity index (χ3v) is 2.73. The van der Waals surface area contributed by atoms with E-state index in [0.29, 0.717) is 11.1 Å². The third kappa shape index (κ3) is 3.49. The SMILES string of the molecule is COC(=O)CC(O)C(O)c1ccccc1C(N)=S. The first kappa shape index (κ1) is 14.6. The molecule has 1 aromatic carbocycles. The van der Waals surface area contributed by atoms with Gasteiger partial charge in [-0.15, -0.1) is 0 Å². The Morgan fingerprint density at radius 1 is 1.44 bits per heavy atom. The Kier molecular flexibility index (Phi) is 5.21. The van der Waals surface area contributed by atoms with Gasteiger partial charge in [-0.1, -0.05) is 36.5 Å². The van der Waals surface area contributed by atoms with E-state index in [9.17, 15) is 15.0 Å². The minimum absolute atomic E-state index is 0.120. The van der Waals surface area contributed by atoms with E-state index in [2.05, 4.69) is 4.74 Å². The summed E-state index contributed by atoms with van der Waals surface area (Å²) in [7, 11) is 1.21. The Labute approximate surface area is 110 Å². The summed E-state index contributed by atoms with van der Waals surface area (Å²) in [5.74, 6) is -0.602. The minimum Gasteiger partial charge on any atom is -0.469 e. The lowest BCUT2D eigenvalue weighted by Gasteiger charge is -2.19. The molecule has 0 amide bonds. The topological polar surface area (TPSA) is 92.8 Å². The number of aliphatic hydroxyl groups excluding tert-OH is 2. The number of ether oxygens (including phenoxy) is 1. The van der Waals surface area contributed by atoms with Gasteiger partial charge in [0.1, 0.15) is 11.1 Å². The van der Waals surface area contributed by atoms with Crippen LogP contribution in [0.5, 0.6) is 0 Å². The Hall–Kier alpha value is -1.50. The van der Waals surface area contributed by atoms with Gasteiger partial charge in [0.05, 0.1) is 19.6 Å². The largest absolute Gasteiger partial charge is 0.469 e. The highest BCUT2D eigenvalue weighted by Crippen LogP contribution is 2.23. The number of hydrogen-bond donors (Lipinski definition) is 3. The molecule has 0 aromatic heterocycles. The second-order valence-corrected chi connectivity index (χ2v) is 4.18. The van der Waals surface area contributed by atoms with Crippen molar-refractivity contribution in [2.75, 3.05) is 7.11 Å². The summed E-state index contributed by atoms with van der Waals surface area (Å²) in [6, 6.07) is 6.65. The van der Waals surface area contributed by atoms with Crippen molar-refractivity contribution < 1.29 is 19.7 Å². The molecule has 0 aliphatic rings. The van der Waals surface area contributed by atoms with Gasteiger partial charge >= 0.3 is 5.97 Å². The molecule has 2 atom stereocenters. The van der Waals surface area contributed by atoms with Crippen LogP contribution in [0, 0.1) is 0 Å². The summed E-state index contributed by atoms with van der Waals surface area (Å²) in [6.07, 6.45) is -2.82. The average molecular weight is 269 g/mol. The van der Waals surface area contributed by atoms with Gasteiger partial charge in [0.2, 0.25) is 0 Å². The number of thiocarbonyl (C=S) groups is 1. The van der Waals surface area contributed by atoms with Crippen molar-refractivity contribution >= 4 is 23.2 Å². The van der Waals surface area contributed by atoms with Crippen LogP contribution in [-0.4, -0.2) is 34.4 Å². The maximum absolute atomic E-state index is 11.0. The number of hydrogen-bond acceptors (Lipinski definition) is 5. The fourth-order valence-corrected chi connectivity index (χ4v) is 1.74. The van der Waals surface area contributed by atoms with E-state index in [1.165, 1.54) is 7.11 Å². The first-order valence-corrected chi connectivity index (χ1v) is 5.70. The first-order chi connectivity index (χ1) is 8.47. The molecule has 0 radical (unpaired) electrons. The summed E-state index contributed by atoms with van der Waals surface area (Å²) in [6.45, 7) is 0. The molecular formula is C12H15NO4S. The fraction of sp³-hybridized carbons (Fsp3) is 0.333. The number of benzene rings is 1. The van der Waals surface area contributed by atoms with E-state index in [1.807, 2.05) is 0 Å². The van der Waals surface area contributed by atoms with Crippen LogP contribution in [0.15, 0.2) is 24.3 Å². The fourth-order valence-electron chi connectivity index (χ4n) is 1.55. The van der Waals surface area contributed by atoms with E-state index >= 15 is 0 Å². The Bertz CT molecular complexity index is 449. The lowest BCUT2D eigenvalue weighted by molar-refractivity contribution is -0.144. The van der Waals surface area contributed by atoms with Gasteiger partial charge in [-0.3, -0.25) is 4.79 Å². The van der Waals surface area contributed by atoms with Crippen molar-refractivity contribution in [3.05, 3.63) is 35.4 Å². The molecule has 0 fully saturated rings. The Morgan fingerprint density at radius 3 is 2.61 bits per heavy atom. The van der Waals surface area contributed by atoms with Gasteiger partial charge in [-0.05, 0) is 5.56 Å². The van der Waals surface area contributed by atoms with E-state index < -0.39 is 18.2 Å². The van der Waals surface area contributed by atoms with Gasteiger partial charge in [-0.2, -0.15) is 0 Å². The summed E-state index contributed by atoms with van der Waals surface area (Å²) in [5.41, 5.74) is 6.39. The molecule has 98 valence electrons. The van der Waals surface area contributed by atoms with Crippen molar-refractivity contribution in [1.82, 2.24) is 0 Å². The van der Waals surface area contributed by atoms with Crippen molar-refractivity contribution in [1.29, 1.82) is 0 Å². The lowest BCUT2D eigenvalue weighted by atomic mass is 9.97. The zero-order valence-electron chi connectivity index (χ0n) is 9.87. The number of esters is 1. The van der Waals surface area contributed by atoms with Gasteiger partial charge < -0.3 is 20.7 Å². The molecule has 2 unspecified atom stereocenters. The van der Waals surface area contributed by atoms with Crippen LogP contribution in [-0.2, 0) is 9.53 Å². The van der Waals surface area contributed by atoms with Crippen molar-refractivity contribution in [3.63, 3.8) is 0 Å². The summed E-state index contributed by atoms with van der Waals surface area (Å²) in [5, 5.41) is 19.7. The van der Waals surface area contributed by atoms with Gasteiger partial charge in [0.15, 0.2) is 0 Å². The normalized spacial score (nSPS) is 13.7. The first-order valence-electron chi connectivity index (χ1n) is 5.29. The van der Waals surface area contributed by atoms with Crippen LogP contribution in [0.4, 0.5) is 0 Å². The summed E-state index contributed by atoms with van der Waals surface area (Å²) >= 11 is 4.86. The smallest absolute Gasteiger partial charge is 0.308 e. The van der Waals surface area contributed by atoms with Crippen molar-refractivity contribution in [3.8, 4) is 0 Å². The van der Waals surface area contributed by atoms with Crippen LogP contribution in [0.25, 0.3) is 0 Å². The predicted molar refractivity (Wildman–Crippen MR) is 69.9 cm³/mol. The molecule has 0 spiro atoms. The number of nitrogens with two attached hydrogens (primary N) is 1. The van der Waals surface area contributed by atoms with Crippen molar-refractivity contribution in [2.24, 2.45) is 5.73 Å². The second kappa shape index (κ2) is 6.44. The zero-order chi connectivity index (χ0) is 13.7. The Morgan fingerprint density at radius 2 is 2.06 bits per heavy atom. The highest BCUT2D eigenvalue weighted by atomic mass is 32.1. The van der Waals surface area contributed by atoms with E-state index in [1.54, 1.807) is 24.3 Å². The number of carbonyl (C=O) groups is 1. The predicted octanol–water partition coefficient (Wildman–Crippen LogP) is 0.278. The molecule has 0 saturated heterocycles. The molecular weight excluding hydrogens is 254 g/mol. The lowest BCUT2D eigenvalue weighted by Crippen LogP contribution is -2.25. The van der Waals surface area contributed by atoms with Gasteiger partial charge in [-0.25, -0.2) is 0 Å². The number of methoxy groups -OCH3 is 1. The summed E-state index contributed by atoms with van der Waals surface area (Å²) in [4.78, 5) is 11.2. The summed E-state index contributed by atoms with van der Waals surface area (Å²) < 4.78 is 4.42. The van der Waals surface area contributed by atoms with E-state index in [-0.39, 0.29) is 11.4 Å². The molecule has 0 aliphatic carbocycles. The minimum atomic E-state index is -1.27.